The Kier molecular flexibility index (Phi) is 4.24. The molecule has 0 saturated heterocycles. The highest BCUT2D eigenvalue weighted by Gasteiger charge is 2.27. The summed E-state index contributed by atoms with van der Waals surface area (Å²) in [4.78, 5) is 0. The van der Waals surface area contributed by atoms with Gasteiger partial charge in [-0.25, -0.2) is 0 Å². The van der Waals surface area contributed by atoms with Gasteiger partial charge < -0.3 is 9.74 Å². The van der Waals surface area contributed by atoms with Crippen LogP contribution in [0.1, 0.15) is 48.0 Å². The van der Waals surface area contributed by atoms with Crippen molar-refractivity contribution in [1.82, 2.24) is 5.32 Å². The fourth-order valence-electron chi connectivity index (χ4n) is 1.71. The first kappa shape index (κ1) is 13.8. The second kappa shape index (κ2) is 4.92. The van der Waals surface area contributed by atoms with Crippen LogP contribution in [0, 0.1) is 5.41 Å². The van der Waals surface area contributed by atoms with E-state index in [0.29, 0.717) is 16.5 Å². The third-order valence-electron chi connectivity index (χ3n) is 2.84. The monoisotopic (exact) mass is 241 g/mol. The van der Waals surface area contributed by atoms with Gasteiger partial charge in [-0.1, -0.05) is 41.5 Å². The molecule has 94 valence electrons. The Bertz CT molecular complexity index is 260. The quantitative estimate of drug-likeness (QED) is 0.750. The van der Waals surface area contributed by atoms with Crippen molar-refractivity contribution < 1.29 is 4.43 Å². The summed E-state index contributed by atoms with van der Waals surface area (Å²) >= 11 is 0. The Labute approximate surface area is 103 Å². The predicted octanol–water partition coefficient (Wildman–Crippen LogP) is 2.60. The third kappa shape index (κ3) is 4.70. The van der Waals surface area contributed by atoms with Crippen molar-refractivity contribution in [3.8, 4) is 0 Å². The van der Waals surface area contributed by atoms with Gasteiger partial charge in [0.25, 0.3) is 0 Å². The summed E-state index contributed by atoms with van der Waals surface area (Å²) < 4.78 is 6.03. The number of nitrogens with one attached hydrogen (secondary N) is 1. The zero-order valence-electron chi connectivity index (χ0n) is 11.7. The van der Waals surface area contributed by atoms with Crippen LogP contribution in [0.25, 0.3) is 0 Å². The molecule has 3 heteroatoms. The zero-order chi connectivity index (χ0) is 12.4. The maximum absolute atomic E-state index is 6.03. The molecule has 1 heterocycles. The molecule has 0 aliphatic carbocycles. The molecule has 0 aromatic heterocycles. The number of hydrogen-bond donors (Lipinski definition) is 1. The van der Waals surface area contributed by atoms with Crippen molar-refractivity contribution in [1.29, 1.82) is 0 Å². The second-order valence-electron chi connectivity index (χ2n) is 7.05. The van der Waals surface area contributed by atoms with Crippen LogP contribution in [0.5, 0.6) is 0 Å². The first-order chi connectivity index (χ1) is 7.18. The first-order valence-corrected chi connectivity index (χ1v) is 7.52. The molecule has 0 aromatic carbocycles. The van der Waals surface area contributed by atoms with Gasteiger partial charge in [0.1, 0.15) is 0 Å². The van der Waals surface area contributed by atoms with E-state index in [1.165, 1.54) is 5.76 Å². The van der Waals surface area contributed by atoms with Gasteiger partial charge in [-0.15, -0.1) is 0 Å². The molecule has 0 spiro atoms. The summed E-state index contributed by atoms with van der Waals surface area (Å²) in [7, 11) is -0.458. The number of rotatable bonds is 2. The van der Waals surface area contributed by atoms with E-state index in [-0.39, 0.29) is 0 Å². The highest BCUT2D eigenvalue weighted by atomic mass is 28.2. The minimum atomic E-state index is -0.458. The van der Waals surface area contributed by atoms with Gasteiger partial charge in [-0.2, -0.15) is 0 Å². The van der Waals surface area contributed by atoms with E-state index in [4.69, 9.17) is 4.43 Å². The van der Waals surface area contributed by atoms with Crippen molar-refractivity contribution >= 4 is 9.76 Å². The lowest BCUT2D eigenvalue weighted by molar-refractivity contribution is 0.237. The molecule has 1 atom stereocenters. The molecule has 2 nitrogen and oxygen atoms in total. The van der Waals surface area contributed by atoms with E-state index < -0.39 is 9.76 Å². The maximum atomic E-state index is 6.03. The van der Waals surface area contributed by atoms with Gasteiger partial charge in [0.15, 0.2) is 0 Å². The summed E-state index contributed by atoms with van der Waals surface area (Å²) in [5.74, 6) is 1.22. The van der Waals surface area contributed by atoms with Crippen molar-refractivity contribution in [2.45, 2.75) is 59.0 Å². The van der Waals surface area contributed by atoms with Crippen LogP contribution >= 0.6 is 0 Å². The molecule has 0 aromatic rings. The molecule has 1 unspecified atom stereocenters. The van der Waals surface area contributed by atoms with Crippen LogP contribution in [0.4, 0.5) is 0 Å². The smallest absolute Gasteiger partial charge is 0.224 e. The molecule has 0 saturated carbocycles. The van der Waals surface area contributed by atoms with Crippen LogP contribution < -0.4 is 5.32 Å². The lowest BCUT2D eigenvalue weighted by Crippen LogP contribution is -2.43. The molecule has 1 aliphatic heterocycles. The zero-order valence-corrected chi connectivity index (χ0v) is 13.1. The van der Waals surface area contributed by atoms with Crippen LogP contribution in [0.3, 0.4) is 0 Å². The predicted molar refractivity (Wildman–Crippen MR) is 73.3 cm³/mol. The summed E-state index contributed by atoms with van der Waals surface area (Å²) in [6.45, 7) is 14.6. The van der Waals surface area contributed by atoms with E-state index in [1.54, 1.807) is 0 Å². The normalized spacial score (nSPS) is 23.6. The Hall–Kier alpha value is -0.283. The van der Waals surface area contributed by atoms with Gasteiger partial charge in [0.2, 0.25) is 9.76 Å². The van der Waals surface area contributed by atoms with Crippen LogP contribution in [0.15, 0.2) is 11.8 Å². The largest absolute Gasteiger partial charge is 0.552 e. The van der Waals surface area contributed by atoms with Crippen molar-refractivity contribution in [2.75, 3.05) is 6.54 Å². The average Bonchev–Trinajstić information content (AvgIpc) is 2.13. The van der Waals surface area contributed by atoms with Crippen molar-refractivity contribution in [3.05, 3.63) is 11.8 Å². The molecule has 1 rings (SSSR count). The van der Waals surface area contributed by atoms with Gasteiger partial charge in [-0.3, -0.25) is 0 Å². The minimum absolute atomic E-state index is 0.312. The van der Waals surface area contributed by atoms with Crippen LogP contribution in [-0.2, 0) is 4.43 Å². The lowest BCUT2D eigenvalue weighted by atomic mass is 9.83. The SMILES string of the molecule is CC(C)(C)[SiH2]OC1=CCNC(C(C)(C)C)C1. The summed E-state index contributed by atoms with van der Waals surface area (Å²) in [5.41, 5.74) is 0.312. The van der Waals surface area contributed by atoms with Gasteiger partial charge in [0, 0.05) is 19.0 Å². The van der Waals surface area contributed by atoms with Crippen molar-refractivity contribution in [3.63, 3.8) is 0 Å². The first-order valence-electron chi connectivity index (χ1n) is 6.24. The Balaban J connectivity index is 2.48. The van der Waals surface area contributed by atoms with E-state index in [9.17, 15) is 0 Å². The van der Waals surface area contributed by atoms with Crippen molar-refractivity contribution in [2.24, 2.45) is 5.41 Å². The second-order valence-corrected chi connectivity index (χ2v) is 9.75. The topological polar surface area (TPSA) is 21.3 Å². The van der Waals surface area contributed by atoms with Crippen LogP contribution in [-0.4, -0.2) is 22.3 Å². The molecule has 0 bridgehead atoms. The highest BCUT2D eigenvalue weighted by Crippen LogP contribution is 2.28. The van der Waals surface area contributed by atoms with Gasteiger partial charge in [0.05, 0.1) is 5.76 Å². The Morgan fingerprint density at radius 2 is 1.88 bits per heavy atom. The van der Waals surface area contributed by atoms with E-state index in [0.717, 1.165) is 13.0 Å². The molecule has 0 fully saturated rings. The van der Waals surface area contributed by atoms with E-state index in [1.807, 2.05) is 0 Å². The van der Waals surface area contributed by atoms with E-state index >= 15 is 0 Å². The average molecular weight is 241 g/mol. The summed E-state index contributed by atoms with van der Waals surface area (Å²) in [6, 6.07) is 0.543. The highest BCUT2D eigenvalue weighted by molar-refractivity contribution is 6.32. The van der Waals surface area contributed by atoms with Gasteiger partial charge in [-0.05, 0) is 16.5 Å². The Morgan fingerprint density at radius 1 is 1.25 bits per heavy atom. The lowest BCUT2D eigenvalue weighted by Gasteiger charge is -2.35. The number of hydrogen-bond acceptors (Lipinski definition) is 2. The summed E-state index contributed by atoms with van der Waals surface area (Å²) in [6.07, 6.45) is 3.26. The molecule has 1 N–H and O–H groups in total. The fourth-order valence-corrected chi connectivity index (χ4v) is 2.57. The Morgan fingerprint density at radius 3 is 2.38 bits per heavy atom. The molecule has 0 amide bonds. The molecule has 16 heavy (non-hydrogen) atoms. The van der Waals surface area contributed by atoms with Gasteiger partial charge >= 0.3 is 0 Å². The molecular formula is C13H27NOSi. The standard InChI is InChI=1S/C13H27NOSi/c1-12(2,3)11-9-10(7-8-14-11)15-16-13(4,5)6/h7,11,14H,8-9,16H2,1-6H3. The maximum Gasteiger partial charge on any atom is 0.224 e. The molecule has 1 aliphatic rings. The minimum Gasteiger partial charge on any atom is -0.552 e. The van der Waals surface area contributed by atoms with E-state index in [2.05, 4.69) is 52.9 Å². The molecule has 0 radical (unpaired) electrons. The summed E-state index contributed by atoms with van der Waals surface area (Å²) in [5, 5.41) is 3.92. The third-order valence-corrected chi connectivity index (χ3v) is 4.22. The fraction of sp³-hybridized carbons (Fsp3) is 0.846. The molecular weight excluding hydrogens is 214 g/mol. The van der Waals surface area contributed by atoms with Crippen LogP contribution in [0.2, 0.25) is 5.04 Å².